The summed E-state index contributed by atoms with van der Waals surface area (Å²) in [6.45, 7) is -0.222. The normalized spacial score (nSPS) is 13.3. The van der Waals surface area contributed by atoms with Gasteiger partial charge in [-0.2, -0.15) is 0 Å². The highest BCUT2D eigenvalue weighted by molar-refractivity contribution is 5.92. The van der Waals surface area contributed by atoms with Gasteiger partial charge in [0.05, 0.1) is 5.52 Å². The minimum absolute atomic E-state index is 0.0737. The fourth-order valence-corrected chi connectivity index (χ4v) is 3.08. The van der Waals surface area contributed by atoms with Gasteiger partial charge in [-0.05, 0) is 31.0 Å². The number of pyridine rings is 1. The van der Waals surface area contributed by atoms with Crippen LogP contribution in [0.25, 0.3) is 10.9 Å². The van der Waals surface area contributed by atoms with Gasteiger partial charge in [0.1, 0.15) is 11.5 Å². The lowest BCUT2D eigenvalue weighted by Crippen LogP contribution is -2.36. The monoisotopic (exact) mass is 378 g/mol. The van der Waals surface area contributed by atoms with Crippen LogP contribution in [0.2, 0.25) is 0 Å². The van der Waals surface area contributed by atoms with Crippen molar-refractivity contribution in [3.05, 3.63) is 77.7 Å². The molecule has 5 nitrogen and oxygen atoms in total. The molecule has 0 bridgehead atoms. The van der Waals surface area contributed by atoms with Crippen LogP contribution in [-0.4, -0.2) is 34.4 Å². The van der Waals surface area contributed by atoms with E-state index < -0.39 is 12.6 Å². The van der Waals surface area contributed by atoms with Gasteiger partial charge >= 0.3 is 5.97 Å². The standard InChI is InChI=1S/C22H19FN2O3/c23-18-7-3-1-6-16(18)13-25(17-10-11-17)21(26)14-28-22(27)20-12-9-15-5-2-4-8-19(15)24-20/h1-9,12,17H,10-11,13-14H2. The zero-order valence-corrected chi connectivity index (χ0v) is 15.2. The summed E-state index contributed by atoms with van der Waals surface area (Å²) < 4.78 is 19.1. The Hall–Kier alpha value is -3.28. The zero-order valence-electron chi connectivity index (χ0n) is 15.2. The number of ether oxygens (including phenoxy) is 1. The van der Waals surface area contributed by atoms with Gasteiger partial charge in [-0.3, -0.25) is 4.79 Å². The molecule has 1 aromatic heterocycles. The molecule has 28 heavy (non-hydrogen) atoms. The van der Waals surface area contributed by atoms with E-state index in [1.54, 1.807) is 41.3 Å². The van der Waals surface area contributed by atoms with Crippen molar-refractivity contribution in [3.63, 3.8) is 0 Å². The Balaban J connectivity index is 1.41. The van der Waals surface area contributed by atoms with Crippen LogP contribution >= 0.6 is 0 Å². The first-order valence-electron chi connectivity index (χ1n) is 9.17. The van der Waals surface area contributed by atoms with Crippen molar-refractivity contribution in [2.45, 2.75) is 25.4 Å². The highest BCUT2D eigenvalue weighted by atomic mass is 19.1. The largest absolute Gasteiger partial charge is 0.451 e. The molecule has 0 atom stereocenters. The van der Waals surface area contributed by atoms with Gasteiger partial charge in [0.2, 0.25) is 0 Å². The van der Waals surface area contributed by atoms with E-state index in [9.17, 15) is 14.0 Å². The van der Waals surface area contributed by atoms with E-state index in [0.29, 0.717) is 11.1 Å². The van der Waals surface area contributed by atoms with Gasteiger partial charge in [-0.1, -0.05) is 42.5 Å². The molecule has 1 saturated carbocycles. The number of halogens is 1. The highest BCUT2D eigenvalue weighted by Gasteiger charge is 2.33. The molecular weight excluding hydrogens is 359 g/mol. The number of fused-ring (bicyclic) bond motifs is 1. The van der Waals surface area contributed by atoms with Crippen LogP contribution in [0, 0.1) is 5.82 Å². The number of hydrogen-bond acceptors (Lipinski definition) is 4. The number of carbonyl (C=O) groups excluding carboxylic acids is 2. The third-order valence-corrected chi connectivity index (χ3v) is 4.74. The number of rotatable bonds is 6. The van der Waals surface area contributed by atoms with Crippen LogP contribution in [-0.2, 0) is 16.1 Å². The molecule has 0 unspecified atom stereocenters. The Morgan fingerprint density at radius 2 is 1.79 bits per heavy atom. The van der Waals surface area contributed by atoms with Crippen LogP contribution in [0.5, 0.6) is 0 Å². The SMILES string of the molecule is O=C(OCC(=O)N(Cc1ccccc1F)C1CC1)c1ccc2ccccc2n1. The third-order valence-electron chi connectivity index (χ3n) is 4.74. The van der Waals surface area contributed by atoms with Crippen LogP contribution < -0.4 is 0 Å². The lowest BCUT2D eigenvalue weighted by Gasteiger charge is -2.22. The van der Waals surface area contributed by atoms with Crippen molar-refractivity contribution in [2.75, 3.05) is 6.61 Å². The van der Waals surface area contributed by atoms with Crippen molar-refractivity contribution in [1.29, 1.82) is 0 Å². The fraction of sp³-hybridized carbons (Fsp3) is 0.227. The first-order chi connectivity index (χ1) is 13.6. The average molecular weight is 378 g/mol. The summed E-state index contributed by atoms with van der Waals surface area (Å²) in [5.74, 6) is -1.33. The Bertz CT molecular complexity index is 1030. The molecule has 0 aliphatic heterocycles. The molecule has 0 spiro atoms. The Labute approximate surface area is 161 Å². The molecular formula is C22H19FN2O3. The van der Waals surface area contributed by atoms with Crippen molar-refractivity contribution in [1.82, 2.24) is 9.88 Å². The quantitative estimate of drug-likeness (QED) is 0.614. The van der Waals surface area contributed by atoms with Gasteiger partial charge < -0.3 is 9.64 Å². The minimum atomic E-state index is -0.652. The molecule has 2 aromatic carbocycles. The van der Waals surface area contributed by atoms with Crippen LogP contribution in [0.15, 0.2) is 60.7 Å². The van der Waals surface area contributed by atoms with Gasteiger partial charge in [0, 0.05) is 23.5 Å². The molecule has 1 fully saturated rings. The molecule has 0 N–H and O–H groups in total. The van der Waals surface area contributed by atoms with E-state index in [1.165, 1.54) is 6.07 Å². The van der Waals surface area contributed by atoms with E-state index in [-0.39, 0.29) is 30.0 Å². The smallest absolute Gasteiger partial charge is 0.357 e. The number of amides is 1. The van der Waals surface area contributed by atoms with E-state index >= 15 is 0 Å². The summed E-state index contributed by atoms with van der Waals surface area (Å²) in [6, 6.07) is 17.2. The number of carbonyl (C=O) groups is 2. The number of esters is 1. The van der Waals surface area contributed by atoms with E-state index in [1.807, 2.05) is 18.2 Å². The highest BCUT2D eigenvalue weighted by Crippen LogP contribution is 2.29. The zero-order chi connectivity index (χ0) is 19.5. The lowest BCUT2D eigenvalue weighted by atomic mass is 10.2. The van der Waals surface area contributed by atoms with E-state index in [4.69, 9.17) is 4.74 Å². The summed E-state index contributed by atoms with van der Waals surface area (Å²) >= 11 is 0. The summed E-state index contributed by atoms with van der Waals surface area (Å²) in [4.78, 5) is 30.8. The molecule has 1 aliphatic carbocycles. The Morgan fingerprint density at radius 3 is 2.57 bits per heavy atom. The summed E-state index contributed by atoms with van der Waals surface area (Å²) in [5, 5.41) is 0.917. The predicted molar refractivity (Wildman–Crippen MR) is 102 cm³/mol. The van der Waals surface area contributed by atoms with Crippen molar-refractivity contribution < 1.29 is 18.7 Å². The number of hydrogen-bond donors (Lipinski definition) is 0. The maximum Gasteiger partial charge on any atom is 0.357 e. The molecule has 4 rings (SSSR count). The average Bonchev–Trinajstić information content (AvgIpc) is 3.56. The van der Waals surface area contributed by atoms with Crippen LogP contribution in [0.4, 0.5) is 4.39 Å². The topological polar surface area (TPSA) is 59.5 Å². The molecule has 1 heterocycles. The maximum atomic E-state index is 13.9. The second-order valence-electron chi connectivity index (χ2n) is 6.81. The van der Waals surface area contributed by atoms with Crippen LogP contribution in [0.1, 0.15) is 28.9 Å². The molecule has 1 amide bonds. The molecule has 6 heteroatoms. The summed E-state index contributed by atoms with van der Waals surface area (Å²) in [7, 11) is 0. The Morgan fingerprint density at radius 1 is 1.04 bits per heavy atom. The number of aromatic nitrogens is 1. The summed E-state index contributed by atoms with van der Waals surface area (Å²) in [6.07, 6.45) is 1.75. The molecule has 1 aliphatic rings. The van der Waals surface area contributed by atoms with Crippen LogP contribution in [0.3, 0.4) is 0 Å². The second-order valence-corrected chi connectivity index (χ2v) is 6.81. The van der Waals surface area contributed by atoms with E-state index in [0.717, 1.165) is 18.2 Å². The van der Waals surface area contributed by atoms with Gasteiger partial charge in [-0.15, -0.1) is 0 Å². The predicted octanol–water partition coefficient (Wildman–Crippen LogP) is 3.72. The number of nitrogens with zero attached hydrogens (tertiary/aromatic N) is 2. The van der Waals surface area contributed by atoms with E-state index in [2.05, 4.69) is 4.98 Å². The molecule has 142 valence electrons. The van der Waals surface area contributed by atoms with Gasteiger partial charge in [-0.25, -0.2) is 14.2 Å². The summed E-state index contributed by atoms with van der Waals surface area (Å²) in [5.41, 5.74) is 1.28. The van der Waals surface area contributed by atoms with Gasteiger partial charge in [0.15, 0.2) is 6.61 Å². The van der Waals surface area contributed by atoms with Gasteiger partial charge in [0.25, 0.3) is 5.91 Å². The minimum Gasteiger partial charge on any atom is -0.451 e. The number of benzene rings is 2. The maximum absolute atomic E-state index is 13.9. The molecule has 3 aromatic rings. The van der Waals surface area contributed by atoms with Crippen molar-refractivity contribution in [3.8, 4) is 0 Å². The lowest BCUT2D eigenvalue weighted by molar-refractivity contribution is -0.135. The first-order valence-corrected chi connectivity index (χ1v) is 9.17. The van der Waals surface area contributed by atoms with Crippen molar-refractivity contribution >= 4 is 22.8 Å². The van der Waals surface area contributed by atoms with Crippen molar-refractivity contribution in [2.24, 2.45) is 0 Å². The first kappa shape index (κ1) is 18.1. The second kappa shape index (κ2) is 7.76. The number of para-hydroxylation sites is 1. The fourth-order valence-electron chi connectivity index (χ4n) is 3.08. The Kier molecular flexibility index (Phi) is 5.02. The molecule has 0 radical (unpaired) electrons. The molecule has 0 saturated heterocycles. The third kappa shape index (κ3) is 4.01.